The summed E-state index contributed by atoms with van der Waals surface area (Å²) in [5.41, 5.74) is 1.34. The zero-order valence-electron chi connectivity index (χ0n) is 19.5. The average molecular weight is 432 g/mol. The van der Waals surface area contributed by atoms with E-state index in [-0.39, 0.29) is 23.5 Å². The highest BCUT2D eigenvalue weighted by molar-refractivity contribution is 6.48. The van der Waals surface area contributed by atoms with E-state index in [0.717, 1.165) is 25.9 Å². The second kappa shape index (κ2) is 9.97. The van der Waals surface area contributed by atoms with E-state index in [1.807, 2.05) is 0 Å². The Labute approximate surface area is 184 Å². The quantitative estimate of drug-likeness (QED) is 0.607. The lowest BCUT2D eigenvalue weighted by molar-refractivity contribution is -0.145. The topological polar surface area (TPSA) is 49.8 Å². The normalized spacial score (nSPS) is 26.1. The van der Waals surface area contributed by atoms with Crippen LogP contribution in [0, 0.1) is 17.3 Å². The molecule has 0 aromatic heterocycles. The van der Waals surface area contributed by atoms with Crippen LogP contribution in [0.4, 0.5) is 0 Å². The molecule has 0 amide bonds. The van der Waals surface area contributed by atoms with Crippen molar-refractivity contribution in [1.29, 1.82) is 0 Å². The van der Waals surface area contributed by atoms with Crippen LogP contribution >= 0.6 is 0 Å². The van der Waals surface area contributed by atoms with E-state index in [9.17, 15) is 9.90 Å². The molecule has 1 aromatic carbocycles. The fourth-order valence-corrected chi connectivity index (χ4v) is 6.99. The third-order valence-electron chi connectivity index (χ3n) is 7.03. The van der Waals surface area contributed by atoms with Crippen molar-refractivity contribution in [1.82, 2.24) is 4.90 Å². The molecular weight excluding hydrogens is 390 g/mol. The largest absolute Gasteiger partial charge is 0.480 e. The number of carboxylic acids is 1. The van der Waals surface area contributed by atoms with Crippen molar-refractivity contribution in [3.05, 3.63) is 35.9 Å². The summed E-state index contributed by atoms with van der Waals surface area (Å²) in [5.74, 6) is 0.266. The van der Waals surface area contributed by atoms with Gasteiger partial charge in [0.15, 0.2) is 9.04 Å². The molecule has 1 aliphatic heterocycles. The fraction of sp³-hybridized carbons (Fsp3) is 0.720. The van der Waals surface area contributed by atoms with Crippen LogP contribution < -0.4 is 0 Å². The summed E-state index contributed by atoms with van der Waals surface area (Å²) in [6, 6.07) is 10.3. The average Bonchev–Trinajstić information content (AvgIpc) is 3.10. The van der Waals surface area contributed by atoms with Gasteiger partial charge in [0.2, 0.25) is 0 Å². The van der Waals surface area contributed by atoms with Gasteiger partial charge >= 0.3 is 5.97 Å². The van der Waals surface area contributed by atoms with Gasteiger partial charge in [-0.1, -0.05) is 70.4 Å². The minimum atomic E-state index is -1.23. The van der Waals surface area contributed by atoms with E-state index >= 15 is 0 Å². The number of rotatable bonds is 7. The molecule has 0 radical (unpaired) electrons. The highest BCUT2D eigenvalue weighted by atomic mass is 28.3. The number of benzene rings is 1. The molecule has 4 nitrogen and oxygen atoms in total. The SMILES string of the molecule is C[SiH](C)O[C@H](C1CN(C(C(=O)O)C2CCCCC2)CC1c1ccccc1)C(C)(C)C. The number of hydrogen-bond acceptors (Lipinski definition) is 3. The van der Waals surface area contributed by atoms with Crippen molar-refractivity contribution in [3.8, 4) is 0 Å². The van der Waals surface area contributed by atoms with Crippen LogP contribution in [-0.4, -0.2) is 50.3 Å². The molecule has 2 fully saturated rings. The van der Waals surface area contributed by atoms with Crippen molar-refractivity contribution in [2.24, 2.45) is 17.3 Å². The number of likely N-dealkylation sites (tertiary alicyclic amines) is 1. The monoisotopic (exact) mass is 431 g/mol. The standard InChI is InChI=1S/C25H41NO3Si/c1-25(2,3)23(29-30(4)5)21-17-26(16-20(21)18-12-8-6-9-13-18)22(24(27)28)19-14-10-7-11-15-19/h6,8-9,12-13,19-23,30H,7,10-11,14-17H2,1-5H3,(H,27,28)/t20?,21?,22?,23-/m1/s1. The number of hydrogen-bond donors (Lipinski definition) is 1. The predicted octanol–water partition coefficient (Wildman–Crippen LogP) is 5.15. The first kappa shape index (κ1) is 23.5. The van der Waals surface area contributed by atoms with Crippen molar-refractivity contribution in [2.45, 2.75) is 84.0 Å². The van der Waals surface area contributed by atoms with Gasteiger partial charge in [0, 0.05) is 24.9 Å². The van der Waals surface area contributed by atoms with Gasteiger partial charge in [0.05, 0.1) is 6.10 Å². The number of carbonyl (C=O) groups is 1. The van der Waals surface area contributed by atoms with E-state index in [1.54, 1.807) is 0 Å². The maximum atomic E-state index is 12.4. The van der Waals surface area contributed by atoms with Crippen LogP contribution in [0.1, 0.15) is 64.4 Å². The Hall–Kier alpha value is -1.17. The zero-order chi connectivity index (χ0) is 21.9. The maximum Gasteiger partial charge on any atom is 0.321 e. The molecule has 1 aliphatic carbocycles. The minimum Gasteiger partial charge on any atom is -0.480 e. The minimum absolute atomic E-state index is 0.0224. The fourth-order valence-electron chi connectivity index (χ4n) is 5.79. The van der Waals surface area contributed by atoms with E-state index < -0.39 is 15.0 Å². The van der Waals surface area contributed by atoms with E-state index in [1.165, 1.54) is 24.8 Å². The molecule has 2 aliphatic rings. The van der Waals surface area contributed by atoms with E-state index in [0.29, 0.717) is 11.8 Å². The zero-order valence-corrected chi connectivity index (χ0v) is 20.7. The van der Waals surface area contributed by atoms with Crippen LogP contribution in [0.3, 0.4) is 0 Å². The summed E-state index contributed by atoms with van der Waals surface area (Å²) in [6.07, 6.45) is 5.82. The molecule has 1 aromatic rings. The molecular formula is C25H41NO3Si. The van der Waals surface area contributed by atoms with E-state index in [2.05, 4.69) is 69.1 Å². The summed E-state index contributed by atoms with van der Waals surface area (Å²) >= 11 is 0. The molecule has 168 valence electrons. The highest BCUT2D eigenvalue weighted by Crippen LogP contribution is 2.44. The Bertz CT molecular complexity index is 681. The summed E-state index contributed by atoms with van der Waals surface area (Å²) in [6.45, 7) is 12.9. The molecule has 30 heavy (non-hydrogen) atoms. The lowest BCUT2D eigenvalue weighted by Gasteiger charge is -2.39. The molecule has 3 unspecified atom stereocenters. The predicted molar refractivity (Wildman–Crippen MR) is 125 cm³/mol. The van der Waals surface area contributed by atoms with E-state index in [4.69, 9.17) is 4.43 Å². The smallest absolute Gasteiger partial charge is 0.321 e. The van der Waals surface area contributed by atoms with Crippen LogP contribution in [0.5, 0.6) is 0 Å². The Morgan fingerprint density at radius 2 is 1.73 bits per heavy atom. The molecule has 4 atom stereocenters. The maximum absolute atomic E-state index is 12.4. The van der Waals surface area contributed by atoms with Crippen LogP contribution in [0.25, 0.3) is 0 Å². The first-order valence-electron chi connectivity index (χ1n) is 11.9. The third-order valence-corrected chi connectivity index (χ3v) is 7.86. The molecule has 1 saturated carbocycles. The lowest BCUT2D eigenvalue weighted by Crippen LogP contribution is -2.47. The summed E-state index contributed by atoms with van der Waals surface area (Å²) in [7, 11) is -1.23. The molecule has 0 bridgehead atoms. The third kappa shape index (κ3) is 5.54. The second-order valence-corrected chi connectivity index (χ2v) is 13.2. The first-order valence-corrected chi connectivity index (χ1v) is 14.6. The second-order valence-electron chi connectivity index (χ2n) is 10.8. The van der Waals surface area contributed by atoms with Gasteiger partial charge in [-0.05, 0) is 42.8 Å². The van der Waals surface area contributed by atoms with Gasteiger partial charge in [-0.25, -0.2) is 0 Å². The first-order chi connectivity index (χ1) is 14.2. The lowest BCUT2D eigenvalue weighted by atomic mass is 9.75. The molecule has 0 spiro atoms. The molecule has 3 rings (SSSR count). The Balaban J connectivity index is 1.93. The molecule has 1 N–H and O–H groups in total. The molecule has 5 heteroatoms. The van der Waals surface area contributed by atoms with Crippen LogP contribution in [0.2, 0.25) is 13.1 Å². The summed E-state index contributed by atoms with van der Waals surface area (Å²) in [4.78, 5) is 14.7. The van der Waals surface area contributed by atoms with Gasteiger partial charge in [-0.15, -0.1) is 0 Å². The van der Waals surface area contributed by atoms with Crippen LogP contribution in [0.15, 0.2) is 30.3 Å². The van der Waals surface area contributed by atoms with Crippen molar-refractivity contribution in [3.63, 3.8) is 0 Å². The van der Waals surface area contributed by atoms with Gasteiger partial charge in [0.25, 0.3) is 0 Å². The Morgan fingerprint density at radius 3 is 2.27 bits per heavy atom. The molecule has 1 heterocycles. The van der Waals surface area contributed by atoms with Crippen LogP contribution in [-0.2, 0) is 9.22 Å². The number of nitrogens with zero attached hydrogens (tertiary/aromatic N) is 1. The number of aliphatic carboxylic acids is 1. The van der Waals surface area contributed by atoms with Crippen molar-refractivity contribution in [2.75, 3.05) is 13.1 Å². The van der Waals surface area contributed by atoms with Gasteiger partial charge in [-0.2, -0.15) is 0 Å². The summed E-state index contributed by atoms with van der Waals surface area (Å²) < 4.78 is 6.65. The van der Waals surface area contributed by atoms with Gasteiger partial charge in [-0.3, -0.25) is 9.69 Å². The van der Waals surface area contributed by atoms with Gasteiger partial charge in [0.1, 0.15) is 6.04 Å². The Kier molecular flexibility index (Phi) is 7.80. The van der Waals surface area contributed by atoms with Gasteiger partial charge < -0.3 is 9.53 Å². The highest BCUT2D eigenvalue weighted by Gasteiger charge is 2.48. The summed E-state index contributed by atoms with van der Waals surface area (Å²) in [5, 5.41) is 10.2. The number of carboxylic acid groups (broad SMARTS) is 1. The van der Waals surface area contributed by atoms with Crippen molar-refractivity contribution < 1.29 is 14.3 Å². The Morgan fingerprint density at radius 1 is 1.10 bits per heavy atom. The molecule has 1 saturated heterocycles. The van der Waals surface area contributed by atoms with Crippen molar-refractivity contribution >= 4 is 15.0 Å².